The van der Waals surface area contributed by atoms with Crippen LogP contribution in [0.5, 0.6) is 0 Å². The third kappa shape index (κ3) is 16.6. The molecule has 0 aliphatic carbocycles. The molecule has 2 heterocycles. The topological polar surface area (TPSA) is 153 Å². The highest BCUT2D eigenvalue weighted by atomic mass is 31.2. The quantitative estimate of drug-likeness (QED) is 0.0506. The van der Waals surface area contributed by atoms with Crippen molar-refractivity contribution >= 4 is 30.5 Å². The molecule has 2 rings (SSSR count). The number of imidazole rings is 1. The lowest BCUT2D eigenvalue weighted by atomic mass is 10.0. The van der Waals surface area contributed by atoms with Crippen molar-refractivity contribution < 1.29 is 28.1 Å². The number of ether oxygens (including phenoxy) is 3. The van der Waals surface area contributed by atoms with Crippen molar-refractivity contribution in [3.05, 3.63) is 12.7 Å². The molecule has 0 radical (unpaired) electrons. The molecule has 0 saturated carbocycles. The van der Waals surface area contributed by atoms with Gasteiger partial charge in [-0.3, -0.25) is 9.36 Å². The Morgan fingerprint density at radius 2 is 1.48 bits per heavy atom. The minimum Gasteiger partial charge on any atom is -0.465 e. The van der Waals surface area contributed by atoms with Crippen molar-refractivity contribution in [2.75, 3.05) is 38.5 Å². The van der Waals surface area contributed by atoms with Crippen molar-refractivity contribution in [3.63, 3.8) is 0 Å². The molecule has 1 unspecified atom stereocenters. The third-order valence-corrected chi connectivity index (χ3v) is 9.69. The van der Waals surface area contributed by atoms with E-state index in [-0.39, 0.29) is 25.7 Å². The number of nitrogens with zero attached hydrogens (tertiary/aromatic N) is 4. The van der Waals surface area contributed by atoms with E-state index in [1.54, 1.807) is 24.7 Å². The van der Waals surface area contributed by atoms with Crippen LogP contribution in [0.3, 0.4) is 0 Å². The van der Waals surface area contributed by atoms with Crippen LogP contribution in [-0.2, 0) is 34.6 Å². The Morgan fingerprint density at radius 1 is 0.870 bits per heavy atom. The molecular weight excluding hydrogens is 607 g/mol. The van der Waals surface area contributed by atoms with Crippen LogP contribution >= 0.6 is 7.52 Å². The summed E-state index contributed by atoms with van der Waals surface area (Å²) in [5, 5.41) is 2.82. The van der Waals surface area contributed by atoms with Gasteiger partial charge >= 0.3 is 5.97 Å². The van der Waals surface area contributed by atoms with Crippen LogP contribution in [0.25, 0.3) is 11.2 Å². The lowest BCUT2D eigenvalue weighted by molar-refractivity contribution is -0.144. The zero-order valence-corrected chi connectivity index (χ0v) is 29.8. The van der Waals surface area contributed by atoms with Gasteiger partial charge in [-0.15, -0.1) is 0 Å². The molecule has 0 amide bonds. The lowest BCUT2D eigenvalue weighted by Gasteiger charge is -2.24. The van der Waals surface area contributed by atoms with Crippen molar-refractivity contribution in [2.24, 2.45) is 0 Å². The Morgan fingerprint density at radius 3 is 2.11 bits per heavy atom. The number of anilines is 1. The molecule has 0 aromatic carbocycles. The van der Waals surface area contributed by atoms with E-state index in [4.69, 9.17) is 24.5 Å². The van der Waals surface area contributed by atoms with Gasteiger partial charge in [0.1, 0.15) is 24.2 Å². The van der Waals surface area contributed by atoms with Gasteiger partial charge in [0.05, 0.1) is 32.2 Å². The maximum Gasteiger partial charge on any atom is 0.323 e. The van der Waals surface area contributed by atoms with Crippen LogP contribution in [0.4, 0.5) is 5.82 Å². The third-order valence-electron chi connectivity index (χ3n) is 7.82. The van der Waals surface area contributed by atoms with E-state index < -0.39 is 19.5 Å². The fourth-order valence-electron chi connectivity index (χ4n) is 5.19. The number of nitrogens with two attached hydrogens (primary N) is 1. The summed E-state index contributed by atoms with van der Waals surface area (Å²) in [5.74, 6) is -0.200. The number of fused-ring (bicyclic) bond motifs is 1. The van der Waals surface area contributed by atoms with Gasteiger partial charge in [-0.2, -0.15) is 0 Å². The average molecular weight is 669 g/mol. The number of rotatable bonds is 29. The molecule has 0 aliphatic heterocycles. The Balaban J connectivity index is 1.62. The standard InChI is InChI=1S/C33H61N6O6P/c1-5-7-8-9-10-11-12-13-14-15-16-17-18-19-21-42-22-20-23-45-46(41,38-29(4)33(40)43-6-2)27-44-28(3)24-39-26-37-30-31(34)35-25-36-32(30)39/h25-26,28-29H,5-24,27H2,1-4H3,(H,38,41)(H2,34,35,36)/t28-,29+,46?/m1/s1. The van der Waals surface area contributed by atoms with Crippen molar-refractivity contribution in [3.8, 4) is 0 Å². The van der Waals surface area contributed by atoms with E-state index in [0.717, 1.165) is 6.42 Å². The first kappa shape index (κ1) is 40.1. The molecule has 0 fully saturated rings. The van der Waals surface area contributed by atoms with Gasteiger partial charge in [0.2, 0.25) is 0 Å². The number of hydrogen-bond donors (Lipinski definition) is 2. The fraction of sp³-hybridized carbons (Fsp3) is 0.818. The SMILES string of the molecule is CCCCCCCCCCCCCCCCOCCCOP(=O)(CO[C@H](C)Cn1cnc2c(N)ncnc21)N[C@@H](C)C(=O)OCC. The molecule has 0 saturated heterocycles. The summed E-state index contributed by atoms with van der Waals surface area (Å²) in [4.78, 5) is 24.7. The molecule has 0 spiro atoms. The van der Waals surface area contributed by atoms with Crippen LogP contribution in [-0.4, -0.2) is 70.4 Å². The Labute approximate surface area is 276 Å². The summed E-state index contributed by atoms with van der Waals surface area (Å²) < 4.78 is 38.1. The van der Waals surface area contributed by atoms with Gasteiger partial charge in [0.25, 0.3) is 7.52 Å². The van der Waals surface area contributed by atoms with Gasteiger partial charge in [0, 0.05) is 13.2 Å². The predicted molar refractivity (Wildman–Crippen MR) is 184 cm³/mol. The summed E-state index contributed by atoms with van der Waals surface area (Å²) >= 11 is 0. The van der Waals surface area contributed by atoms with Crippen LogP contribution < -0.4 is 10.8 Å². The van der Waals surface area contributed by atoms with E-state index >= 15 is 0 Å². The summed E-state index contributed by atoms with van der Waals surface area (Å²) in [6, 6.07) is -0.821. The maximum atomic E-state index is 13.7. The Hall–Kier alpha value is -2.11. The summed E-state index contributed by atoms with van der Waals surface area (Å²) in [5.41, 5.74) is 6.99. The first-order valence-corrected chi connectivity index (χ1v) is 19.4. The molecule has 0 aliphatic rings. The highest BCUT2D eigenvalue weighted by molar-refractivity contribution is 7.56. The molecule has 3 N–H and O–H groups in total. The summed E-state index contributed by atoms with van der Waals surface area (Å²) in [7, 11) is -3.54. The molecule has 264 valence electrons. The monoisotopic (exact) mass is 668 g/mol. The smallest absolute Gasteiger partial charge is 0.323 e. The molecule has 2 aromatic rings. The van der Waals surface area contributed by atoms with Crippen molar-refractivity contribution in [1.29, 1.82) is 0 Å². The van der Waals surface area contributed by atoms with Crippen LogP contribution in [0.2, 0.25) is 0 Å². The highest BCUT2D eigenvalue weighted by Crippen LogP contribution is 2.43. The minimum absolute atomic E-state index is 0.207. The molecule has 46 heavy (non-hydrogen) atoms. The first-order valence-electron chi connectivity index (χ1n) is 17.6. The molecule has 12 nitrogen and oxygen atoms in total. The summed E-state index contributed by atoms with van der Waals surface area (Å²) in [6.45, 7) is 9.50. The number of hydrogen-bond acceptors (Lipinski definition) is 10. The molecular formula is C33H61N6O6P. The van der Waals surface area contributed by atoms with Gasteiger partial charge in [0.15, 0.2) is 11.5 Å². The van der Waals surface area contributed by atoms with Gasteiger partial charge in [-0.05, 0) is 33.6 Å². The molecule has 2 aromatic heterocycles. The van der Waals surface area contributed by atoms with Gasteiger partial charge in [-0.25, -0.2) is 20.0 Å². The Kier molecular flexibility index (Phi) is 21.0. The number of aromatic nitrogens is 4. The molecule has 13 heteroatoms. The number of nitrogens with one attached hydrogen (secondary N) is 1. The zero-order valence-electron chi connectivity index (χ0n) is 28.9. The second kappa shape index (κ2) is 24.1. The second-order valence-corrected chi connectivity index (χ2v) is 14.2. The van der Waals surface area contributed by atoms with Crippen molar-refractivity contribution in [1.82, 2.24) is 24.6 Å². The van der Waals surface area contributed by atoms with E-state index in [1.165, 1.54) is 89.8 Å². The number of carbonyl (C=O) groups excluding carboxylic acids is 1. The number of carbonyl (C=O) groups is 1. The highest BCUT2D eigenvalue weighted by Gasteiger charge is 2.30. The minimum atomic E-state index is -3.54. The first-order chi connectivity index (χ1) is 22.3. The normalized spacial score (nSPS) is 14.3. The van der Waals surface area contributed by atoms with Crippen LogP contribution in [0.15, 0.2) is 12.7 Å². The van der Waals surface area contributed by atoms with Crippen LogP contribution in [0, 0.1) is 0 Å². The maximum absolute atomic E-state index is 13.7. The fourth-order valence-corrected chi connectivity index (χ4v) is 6.98. The average Bonchev–Trinajstić information content (AvgIpc) is 3.45. The number of unbranched alkanes of at least 4 members (excludes halogenated alkanes) is 13. The predicted octanol–water partition coefficient (Wildman–Crippen LogP) is 7.41. The van der Waals surface area contributed by atoms with Crippen LogP contribution in [0.1, 0.15) is 124 Å². The van der Waals surface area contributed by atoms with E-state index in [2.05, 4.69) is 27.0 Å². The number of nitrogen functional groups attached to an aromatic ring is 1. The van der Waals surface area contributed by atoms with E-state index in [1.807, 2.05) is 6.92 Å². The van der Waals surface area contributed by atoms with Gasteiger partial charge in [-0.1, -0.05) is 90.4 Å². The second-order valence-electron chi connectivity index (χ2n) is 12.1. The molecule has 3 atom stereocenters. The lowest BCUT2D eigenvalue weighted by Crippen LogP contribution is -2.35. The summed E-state index contributed by atoms with van der Waals surface area (Å²) in [6.07, 6.45) is 21.6. The Bertz CT molecular complexity index is 1140. The van der Waals surface area contributed by atoms with E-state index in [0.29, 0.717) is 43.2 Å². The zero-order chi connectivity index (χ0) is 33.5. The number of esters is 1. The van der Waals surface area contributed by atoms with Gasteiger partial charge < -0.3 is 29.0 Å². The largest absolute Gasteiger partial charge is 0.465 e. The van der Waals surface area contributed by atoms with Crippen molar-refractivity contribution in [2.45, 2.75) is 143 Å². The van der Waals surface area contributed by atoms with E-state index in [9.17, 15) is 9.36 Å². The molecule has 0 bridgehead atoms.